The maximum Gasteiger partial charge on any atom is 0.411 e. The number of aromatic nitrogens is 4. The molecule has 10 heteroatoms. The Morgan fingerprint density at radius 3 is 2.30 bits per heavy atom. The third-order valence-electron chi connectivity index (χ3n) is 14.5. The number of carbonyl (C=O) groups excluding carboxylic acids is 2. The molecule has 2 amide bonds. The second-order valence-corrected chi connectivity index (χ2v) is 19.6. The zero-order chi connectivity index (χ0) is 40.5. The van der Waals surface area contributed by atoms with Crippen LogP contribution in [0.5, 0.6) is 0 Å². The molecule has 4 atom stereocenters. The lowest BCUT2D eigenvalue weighted by Gasteiger charge is -2.35. The average Bonchev–Trinajstić information content (AvgIpc) is 3.69. The Labute approximate surface area is 349 Å². The summed E-state index contributed by atoms with van der Waals surface area (Å²) < 4.78 is 11.7. The minimum atomic E-state index is -0.547. The van der Waals surface area contributed by atoms with E-state index in [0.717, 1.165) is 103 Å². The van der Waals surface area contributed by atoms with Gasteiger partial charge in [0, 0.05) is 18.0 Å². The van der Waals surface area contributed by atoms with Gasteiger partial charge in [-0.3, -0.25) is 9.80 Å². The number of benzene rings is 4. The molecule has 2 aliphatic heterocycles. The van der Waals surface area contributed by atoms with Gasteiger partial charge in [-0.25, -0.2) is 19.6 Å². The number of nitrogens with zero attached hydrogens (tertiary/aromatic N) is 4. The lowest BCUT2D eigenvalue weighted by molar-refractivity contribution is 0.00622. The number of hydrogen-bond acceptors (Lipinski definition) is 6. The van der Waals surface area contributed by atoms with E-state index in [1.165, 1.54) is 27.8 Å². The molecule has 12 rings (SSSR count). The largest absolute Gasteiger partial charge is 0.445 e. The Hall–Kier alpha value is -5.90. The molecule has 2 aromatic heterocycles. The molecule has 2 N–H and O–H groups in total. The predicted octanol–water partition coefficient (Wildman–Crippen LogP) is 11.0. The minimum absolute atomic E-state index is 0.0147. The molecule has 6 aromatic rings. The van der Waals surface area contributed by atoms with Crippen LogP contribution in [0.4, 0.5) is 9.59 Å². The van der Waals surface area contributed by atoms with Gasteiger partial charge in [0.15, 0.2) is 0 Å². The summed E-state index contributed by atoms with van der Waals surface area (Å²) in [5.41, 5.74) is 12.4. The van der Waals surface area contributed by atoms with E-state index in [1.54, 1.807) is 0 Å². The smallest absolute Gasteiger partial charge is 0.411 e. The normalized spacial score (nSPS) is 23.7. The molecule has 4 aromatic carbocycles. The number of hydrogen-bond donors (Lipinski definition) is 2. The van der Waals surface area contributed by atoms with Crippen molar-refractivity contribution in [2.75, 3.05) is 6.54 Å². The van der Waals surface area contributed by atoms with E-state index in [4.69, 9.17) is 19.4 Å². The summed E-state index contributed by atoms with van der Waals surface area (Å²) in [5, 5.41) is 0. The van der Waals surface area contributed by atoms with Gasteiger partial charge in [0.05, 0.1) is 35.0 Å². The van der Waals surface area contributed by atoms with Crippen LogP contribution in [0.2, 0.25) is 0 Å². The van der Waals surface area contributed by atoms with Crippen LogP contribution in [0, 0.1) is 11.3 Å². The van der Waals surface area contributed by atoms with E-state index in [9.17, 15) is 9.59 Å². The highest BCUT2D eigenvalue weighted by Crippen LogP contribution is 2.64. The van der Waals surface area contributed by atoms with Crippen LogP contribution in [0.3, 0.4) is 0 Å². The van der Waals surface area contributed by atoms with Crippen LogP contribution >= 0.6 is 0 Å². The molecule has 3 saturated carbocycles. The fourth-order valence-electron chi connectivity index (χ4n) is 11.3. The van der Waals surface area contributed by atoms with Gasteiger partial charge in [-0.1, -0.05) is 60.7 Å². The van der Waals surface area contributed by atoms with Crippen molar-refractivity contribution in [1.82, 2.24) is 29.7 Å². The summed E-state index contributed by atoms with van der Waals surface area (Å²) >= 11 is 0. The molecule has 0 radical (unpaired) electrons. The standard InChI is InChI=1S/C50H50N6O4/c1-48(2,3)60-47(58)56-34-13-9-33(21-34)43(56)45-52-39-16-12-31(24-40(39)53-45)30-10-14-35-36-15-11-32(23-38(36)50(19-20-50)37(35)22-30)41-26-51-44(54-41)42-25-49(17-18-49)28-55(42)46(57)59-27-29-7-5-4-6-8-29/h4-8,10-12,14-16,22-24,26,33-34,42-43H,9,13,17-21,25,27-28H2,1-3H3,(H,51,54)(H,52,53)/t33-,34+,42-,43-/m0/s1. The molecular weight excluding hydrogens is 749 g/mol. The second-order valence-electron chi connectivity index (χ2n) is 19.6. The molecule has 304 valence electrons. The van der Waals surface area contributed by atoms with Crippen molar-refractivity contribution in [2.45, 2.75) is 108 Å². The fraction of sp³-hybridized carbons (Fsp3) is 0.400. The predicted molar refractivity (Wildman–Crippen MR) is 229 cm³/mol. The molecule has 0 unspecified atom stereocenters. The summed E-state index contributed by atoms with van der Waals surface area (Å²) in [4.78, 5) is 48.0. The molecule has 5 fully saturated rings. The molecule has 6 aliphatic rings. The molecule has 2 bridgehead atoms. The van der Waals surface area contributed by atoms with Gasteiger partial charge in [-0.15, -0.1) is 0 Å². The SMILES string of the molecule is CC(C)(C)OC(=O)N1[C@@H]2CC[C@@H](C2)[C@H]1c1nc2ccc(-c3ccc4c(c3)C3(CC3)c3cc(-c5cnc([C@@H]6CC7(CC7)CN6C(=O)OCc6ccccc6)[nH]5)ccc3-4)cc2[nH]1. The zero-order valence-electron chi connectivity index (χ0n) is 34.5. The molecular formula is C50H50N6O4. The molecule has 2 spiro atoms. The summed E-state index contributed by atoms with van der Waals surface area (Å²) in [7, 11) is 0. The zero-order valence-corrected chi connectivity index (χ0v) is 34.5. The van der Waals surface area contributed by atoms with Crippen LogP contribution in [-0.2, 0) is 21.5 Å². The Bertz CT molecular complexity index is 2720. The average molecular weight is 799 g/mol. The fourth-order valence-corrected chi connectivity index (χ4v) is 11.3. The highest BCUT2D eigenvalue weighted by atomic mass is 16.6. The molecule has 4 heterocycles. The Balaban J connectivity index is 0.796. The number of likely N-dealkylation sites (tertiary alicyclic amines) is 2. The van der Waals surface area contributed by atoms with Gasteiger partial charge >= 0.3 is 12.2 Å². The van der Waals surface area contributed by atoms with E-state index >= 15 is 0 Å². The number of carbonyl (C=O) groups is 2. The number of fused-ring (bicyclic) bond motifs is 8. The van der Waals surface area contributed by atoms with Crippen molar-refractivity contribution < 1.29 is 19.1 Å². The molecule has 4 aliphatic carbocycles. The highest BCUT2D eigenvalue weighted by molar-refractivity contribution is 5.89. The first-order valence-electron chi connectivity index (χ1n) is 21.9. The number of aromatic amines is 2. The number of rotatable bonds is 6. The topological polar surface area (TPSA) is 116 Å². The first kappa shape index (κ1) is 36.0. The third-order valence-corrected chi connectivity index (χ3v) is 14.5. The van der Waals surface area contributed by atoms with Crippen molar-refractivity contribution >= 4 is 23.2 Å². The van der Waals surface area contributed by atoms with Crippen LogP contribution < -0.4 is 0 Å². The lowest BCUT2D eigenvalue weighted by atomic mass is 9.90. The Morgan fingerprint density at radius 1 is 0.817 bits per heavy atom. The van der Waals surface area contributed by atoms with Gasteiger partial charge < -0.3 is 19.4 Å². The molecule has 10 nitrogen and oxygen atoms in total. The number of imidazole rings is 2. The number of amides is 2. The lowest BCUT2D eigenvalue weighted by Crippen LogP contribution is -2.43. The van der Waals surface area contributed by atoms with Crippen molar-refractivity contribution in [3.8, 4) is 33.5 Å². The summed E-state index contributed by atoms with van der Waals surface area (Å²) in [6.07, 6.45) is 10.0. The van der Waals surface area contributed by atoms with Gasteiger partial charge in [-0.2, -0.15) is 0 Å². The Morgan fingerprint density at radius 2 is 1.55 bits per heavy atom. The van der Waals surface area contributed by atoms with Gasteiger partial charge in [0.1, 0.15) is 23.9 Å². The summed E-state index contributed by atoms with van der Waals surface area (Å²) in [5.74, 6) is 2.08. The van der Waals surface area contributed by atoms with Crippen LogP contribution in [-0.4, -0.2) is 60.1 Å². The van der Waals surface area contributed by atoms with Crippen molar-refractivity contribution in [3.05, 3.63) is 119 Å². The maximum atomic E-state index is 13.5. The van der Waals surface area contributed by atoms with Gasteiger partial charge in [0.2, 0.25) is 0 Å². The third kappa shape index (κ3) is 5.80. The number of nitrogens with one attached hydrogen (secondary N) is 2. The first-order valence-corrected chi connectivity index (χ1v) is 21.9. The van der Waals surface area contributed by atoms with Crippen molar-refractivity contribution in [3.63, 3.8) is 0 Å². The molecule has 60 heavy (non-hydrogen) atoms. The van der Waals surface area contributed by atoms with E-state index in [0.29, 0.717) is 5.92 Å². The monoisotopic (exact) mass is 798 g/mol. The van der Waals surface area contributed by atoms with E-state index in [2.05, 4.69) is 64.6 Å². The van der Waals surface area contributed by atoms with E-state index in [-0.39, 0.29) is 47.7 Å². The van der Waals surface area contributed by atoms with Crippen LogP contribution in [0.15, 0.2) is 91.1 Å². The van der Waals surface area contributed by atoms with Gasteiger partial charge in [0.25, 0.3) is 0 Å². The van der Waals surface area contributed by atoms with Crippen LogP contribution in [0.25, 0.3) is 44.5 Å². The van der Waals surface area contributed by atoms with E-state index < -0.39 is 5.60 Å². The summed E-state index contributed by atoms with van der Waals surface area (Å²) in [6.45, 7) is 6.76. The number of ether oxygens (including phenoxy) is 2. The highest BCUT2D eigenvalue weighted by Gasteiger charge is 2.56. The van der Waals surface area contributed by atoms with Crippen molar-refractivity contribution in [2.24, 2.45) is 11.3 Å². The number of H-pyrrole nitrogens is 2. The van der Waals surface area contributed by atoms with Crippen molar-refractivity contribution in [1.29, 1.82) is 0 Å². The minimum Gasteiger partial charge on any atom is -0.445 e. The number of piperidine rings is 1. The maximum absolute atomic E-state index is 13.5. The van der Waals surface area contributed by atoms with Gasteiger partial charge in [-0.05, 0) is 152 Å². The quantitative estimate of drug-likeness (QED) is 0.173. The Kier molecular flexibility index (Phi) is 7.68. The molecule has 2 saturated heterocycles. The van der Waals surface area contributed by atoms with E-state index in [1.807, 2.05) is 67.1 Å². The first-order chi connectivity index (χ1) is 29.0. The van der Waals surface area contributed by atoms with Crippen LogP contribution in [0.1, 0.15) is 113 Å². The second kappa shape index (κ2) is 12.8. The summed E-state index contributed by atoms with van der Waals surface area (Å²) in [6, 6.07) is 30.2.